The predicted molar refractivity (Wildman–Crippen MR) is 103 cm³/mol. The Hall–Kier alpha value is -3.55. The highest BCUT2D eigenvalue weighted by Gasteiger charge is 2.27. The zero-order valence-corrected chi connectivity index (χ0v) is 15.5. The van der Waals surface area contributed by atoms with E-state index < -0.39 is 18.6 Å². The lowest BCUT2D eigenvalue weighted by Gasteiger charge is -2.11. The Morgan fingerprint density at radius 3 is 2.17 bits per heavy atom. The van der Waals surface area contributed by atoms with Gasteiger partial charge in [-0.1, -0.05) is 6.07 Å². The molecular weight excluding hydrogens is 383 g/mol. The fourth-order valence-corrected chi connectivity index (χ4v) is 2.71. The molecule has 8 heteroatoms. The summed E-state index contributed by atoms with van der Waals surface area (Å²) in [5, 5.41) is 4.51. The molecule has 2 N–H and O–H groups in total. The number of benzene rings is 2. The summed E-state index contributed by atoms with van der Waals surface area (Å²) in [7, 11) is 0. The van der Waals surface area contributed by atoms with Gasteiger partial charge in [-0.3, -0.25) is 9.59 Å². The van der Waals surface area contributed by atoms with Crippen LogP contribution in [0, 0.1) is 6.92 Å². The van der Waals surface area contributed by atoms with Crippen molar-refractivity contribution in [1.82, 2.24) is 9.88 Å². The third kappa shape index (κ3) is 5.25. The van der Waals surface area contributed by atoms with Crippen LogP contribution in [0.5, 0.6) is 0 Å². The lowest BCUT2D eigenvalue weighted by Crippen LogP contribution is -2.33. The summed E-state index contributed by atoms with van der Waals surface area (Å²) in [5.74, 6) is -1.18. The number of amides is 2. The van der Waals surface area contributed by atoms with Gasteiger partial charge < -0.3 is 15.2 Å². The van der Waals surface area contributed by atoms with E-state index >= 15 is 0 Å². The molecule has 0 aliphatic carbocycles. The van der Waals surface area contributed by atoms with Gasteiger partial charge in [0.15, 0.2) is 0 Å². The predicted octanol–water partition coefficient (Wildman–Crippen LogP) is 4.33. The maximum absolute atomic E-state index is 12.6. The largest absolute Gasteiger partial charge is 0.405 e. The molecule has 2 aromatic carbocycles. The quantitative estimate of drug-likeness (QED) is 0.669. The van der Waals surface area contributed by atoms with E-state index in [9.17, 15) is 22.8 Å². The number of anilines is 1. The van der Waals surface area contributed by atoms with Crippen molar-refractivity contribution in [3.63, 3.8) is 0 Å². The van der Waals surface area contributed by atoms with E-state index in [1.165, 1.54) is 24.3 Å². The number of carbonyl (C=O) groups is 2. The van der Waals surface area contributed by atoms with Gasteiger partial charge in [0.1, 0.15) is 6.54 Å². The summed E-state index contributed by atoms with van der Waals surface area (Å²) in [5.41, 5.74) is 2.82. The molecule has 150 valence electrons. The first kappa shape index (κ1) is 20.2. The minimum absolute atomic E-state index is 0.0671. The minimum Gasteiger partial charge on any atom is -0.343 e. The van der Waals surface area contributed by atoms with Crippen molar-refractivity contribution in [2.45, 2.75) is 13.1 Å². The first-order valence-electron chi connectivity index (χ1n) is 8.73. The van der Waals surface area contributed by atoms with Crippen molar-refractivity contribution in [2.75, 3.05) is 11.9 Å². The van der Waals surface area contributed by atoms with Crippen LogP contribution in [0.2, 0.25) is 0 Å². The summed E-state index contributed by atoms with van der Waals surface area (Å²) in [6.45, 7) is 0.543. The monoisotopic (exact) mass is 401 g/mol. The van der Waals surface area contributed by atoms with E-state index in [2.05, 4.69) is 5.32 Å². The van der Waals surface area contributed by atoms with E-state index in [1.54, 1.807) is 17.4 Å². The number of nitrogens with one attached hydrogen (secondary N) is 2. The van der Waals surface area contributed by atoms with E-state index in [0.717, 1.165) is 11.3 Å². The minimum atomic E-state index is -4.48. The molecule has 0 unspecified atom stereocenters. The average molecular weight is 401 g/mol. The van der Waals surface area contributed by atoms with Gasteiger partial charge in [0.05, 0.1) is 0 Å². The molecule has 1 heterocycles. The zero-order valence-electron chi connectivity index (χ0n) is 15.5. The highest BCUT2D eigenvalue weighted by Crippen LogP contribution is 2.18. The standard InChI is InChI=1S/C21H18F3N3O2/c1-14-4-5-16(12-18(14)27-10-2-3-11-27)20(29)26-17-8-6-15(7-9-17)19(28)25-13-21(22,23)24/h2-12H,13H2,1H3,(H,25,28)(H,26,29). The summed E-state index contributed by atoms with van der Waals surface area (Å²) in [4.78, 5) is 24.3. The van der Waals surface area contributed by atoms with E-state index in [1.807, 2.05) is 42.1 Å². The van der Waals surface area contributed by atoms with Gasteiger partial charge in [-0.05, 0) is 61.0 Å². The molecule has 0 bridgehead atoms. The van der Waals surface area contributed by atoms with Crippen LogP contribution in [0.4, 0.5) is 18.9 Å². The third-order valence-corrected chi connectivity index (χ3v) is 4.21. The smallest absolute Gasteiger partial charge is 0.343 e. The fraction of sp³-hybridized carbons (Fsp3) is 0.143. The van der Waals surface area contributed by atoms with Crippen molar-refractivity contribution in [3.05, 3.63) is 83.7 Å². The molecule has 0 saturated carbocycles. The van der Waals surface area contributed by atoms with Gasteiger partial charge in [0, 0.05) is 34.9 Å². The van der Waals surface area contributed by atoms with Gasteiger partial charge in [0.25, 0.3) is 11.8 Å². The van der Waals surface area contributed by atoms with Gasteiger partial charge in [-0.25, -0.2) is 0 Å². The van der Waals surface area contributed by atoms with Crippen LogP contribution >= 0.6 is 0 Å². The molecule has 0 aliphatic heterocycles. The molecular formula is C21H18F3N3O2. The van der Waals surface area contributed by atoms with Gasteiger partial charge in [-0.15, -0.1) is 0 Å². The number of rotatable bonds is 5. The van der Waals surface area contributed by atoms with Gasteiger partial charge in [-0.2, -0.15) is 13.2 Å². The molecule has 0 fully saturated rings. The summed E-state index contributed by atoms with van der Waals surface area (Å²) < 4.78 is 38.4. The average Bonchev–Trinajstić information content (AvgIpc) is 3.21. The number of hydrogen-bond donors (Lipinski definition) is 2. The third-order valence-electron chi connectivity index (χ3n) is 4.21. The summed E-state index contributed by atoms with van der Waals surface area (Å²) in [6, 6.07) is 14.7. The number of carbonyl (C=O) groups excluding carboxylic acids is 2. The normalized spacial score (nSPS) is 11.2. The highest BCUT2D eigenvalue weighted by molar-refractivity contribution is 6.05. The van der Waals surface area contributed by atoms with Crippen molar-refractivity contribution in [1.29, 1.82) is 0 Å². The Bertz CT molecular complexity index is 1010. The molecule has 0 saturated heterocycles. The number of aryl methyl sites for hydroxylation is 1. The number of aromatic nitrogens is 1. The van der Waals surface area contributed by atoms with E-state index in [0.29, 0.717) is 11.3 Å². The number of hydrogen-bond acceptors (Lipinski definition) is 2. The lowest BCUT2D eigenvalue weighted by molar-refractivity contribution is -0.123. The molecule has 0 radical (unpaired) electrons. The van der Waals surface area contributed by atoms with E-state index in [4.69, 9.17) is 0 Å². The Morgan fingerprint density at radius 1 is 0.931 bits per heavy atom. The lowest BCUT2D eigenvalue weighted by atomic mass is 10.1. The van der Waals surface area contributed by atoms with Crippen LogP contribution in [0.1, 0.15) is 26.3 Å². The molecule has 1 aromatic heterocycles. The molecule has 0 aliphatic rings. The van der Waals surface area contributed by atoms with Crippen LogP contribution in [0.25, 0.3) is 5.69 Å². The van der Waals surface area contributed by atoms with Crippen molar-refractivity contribution >= 4 is 17.5 Å². The van der Waals surface area contributed by atoms with Crippen molar-refractivity contribution < 1.29 is 22.8 Å². The fourth-order valence-electron chi connectivity index (χ4n) is 2.71. The van der Waals surface area contributed by atoms with Crippen molar-refractivity contribution in [2.24, 2.45) is 0 Å². The maximum Gasteiger partial charge on any atom is 0.405 e. The van der Waals surface area contributed by atoms with Crippen LogP contribution in [0.15, 0.2) is 67.0 Å². The van der Waals surface area contributed by atoms with Crippen LogP contribution in [0.3, 0.4) is 0 Å². The second kappa shape index (κ2) is 8.22. The molecule has 29 heavy (non-hydrogen) atoms. The maximum atomic E-state index is 12.6. The van der Waals surface area contributed by atoms with Gasteiger partial charge >= 0.3 is 6.18 Å². The Morgan fingerprint density at radius 2 is 1.55 bits per heavy atom. The number of halogens is 3. The molecule has 5 nitrogen and oxygen atoms in total. The SMILES string of the molecule is Cc1ccc(C(=O)Nc2ccc(C(=O)NCC(F)(F)F)cc2)cc1-n1cccc1. The first-order valence-corrected chi connectivity index (χ1v) is 8.73. The summed E-state index contributed by atoms with van der Waals surface area (Å²) in [6.07, 6.45) is -0.712. The number of nitrogens with zero attached hydrogens (tertiary/aromatic N) is 1. The second-order valence-corrected chi connectivity index (χ2v) is 6.42. The highest BCUT2D eigenvalue weighted by atomic mass is 19.4. The number of alkyl halides is 3. The van der Waals surface area contributed by atoms with E-state index in [-0.39, 0.29) is 11.5 Å². The first-order chi connectivity index (χ1) is 13.7. The molecule has 3 rings (SSSR count). The Balaban J connectivity index is 1.68. The molecule has 2 amide bonds. The van der Waals surface area contributed by atoms with Crippen LogP contribution in [-0.4, -0.2) is 29.1 Å². The Kier molecular flexibility index (Phi) is 5.72. The molecule has 0 spiro atoms. The summed E-state index contributed by atoms with van der Waals surface area (Å²) >= 11 is 0. The second-order valence-electron chi connectivity index (χ2n) is 6.42. The topological polar surface area (TPSA) is 63.1 Å². The van der Waals surface area contributed by atoms with Crippen molar-refractivity contribution in [3.8, 4) is 5.69 Å². The molecule has 0 atom stereocenters. The van der Waals surface area contributed by atoms with Crippen LogP contribution in [-0.2, 0) is 0 Å². The molecule has 3 aromatic rings. The Labute approximate surface area is 165 Å². The van der Waals surface area contributed by atoms with Crippen LogP contribution < -0.4 is 10.6 Å². The zero-order chi connectivity index (χ0) is 21.0. The van der Waals surface area contributed by atoms with Gasteiger partial charge in [0.2, 0.25) is 0 Å².